The van der Waals surface area contributed by atoms with Gasteiger partial charge in [-0.3, -0.25) is 0 Å². The van der Waals surface area contributed by atoms with Gasteiger partial charge in [0, 0.05) is 10.6 Å². The molecular formula is C29H27NO2S. The normalized spacial score (nSPS) is 10.6. The van der Waals surface area contributed by atoms with Crippen molar-refractivity contribution in [2.24, 2.45) is 0 Å². The van der Waals surface area contributed by atoms with Gasteiger partial charge in [0.15, 0.2) is 0 Å². The van der Waals surface area contributed by atoms with Crippen LogP contribution in [-0.2, 0) is 17.9 Å². The van der Waals surface area contributed by atoms with Crippen molar-refractivity contribution in [3.63, 3.8) is 0 Å². The summed E-state index contributed by atoms with van der Waals surface area (Å²) in [5, 5.41) is 0. The van der Waals surface area contributed by atoms with Gasteiger partial charge in [-0.2, -0.15) is 0 Å². The van der Waals surface area contributed by atoms with E-state index < -0.39 is 0 Å². The Balaban J connectivity index is 1.53. The second-order valence-corrected chi connectivity index (χ2v) is 9.14. The van der Waals surface area contributed by atoms with Gasteiger partial charge in [-0.25, -0.2) is 4.79 Å². The van der Waals surface area contributed by atoms with Crippen molar-refractivity contribution in [3.05, 3.63) is 131 Å². The van der Waals surface area contributed by atoms with E-state index in [9.17, 15) is 4.79 Å². The lowest BCUT2D eigenvalue weighted by molar-refractivity contribution is 0.0472. The number of rotatable bonds is 8. The van der Waals surface area contributed by atoms with Gasteiger partial charge in [0.05, 0.1) is 12.1 Å². The van der Waals surface area contributed by atoms with E-state index in [-0.39, 0.29) is 12.6 Å². The molecule has 166 valence electrons. The summed E-state index contributed by atoms with van der Waals surface area (Å²) >= 11 is 1.63. The number of nitrogens with zero attached hydrogens (tertiary/aromatic N) is 1. The fraction of sp³-hybridized carbons (Fsp3) is 0.138. The molecule has 0 amide bonds. The third kappa shape index (κ3) is 6.50. The summed E-state index contributed by atoms with van der Waals surface area (Å²) in [5.74, 6) is -0.317. The Kier molecular flexibility index (Phi) is 7.48. The third-order valence-corrected chi connectivity index (χ3v) is 6.19. The Morgan fingerprint density at radius 1 is 0.758 bits per heavy atom. The van der Waals surface area contributed by atoms with Gasteiger partial charge in [-0.15, -0.1) is 0 Å². The van der Waals surface area contributed by atoms with E-state index in [0.717, 1.165) is 22.7 Å². The molecule has 3 nitrogen and oxygen atoms in total. The first kappa shape index (κ1) is 22.7. The monoisotopic (exact) mass is 453 g/mol. The van der Waals surface area contributed by atoms with Crippen LogP contribution in [0.3, 0.4) is 0 Å². The highest BCUT2D eigenvalue weighted by Gasteiger charge is 2.14. The van der Waals surface area contributed by atoms with Crippen LogP contribution >= 0.6 is 11.9 Å². The highest BCUT2D eigenvalue weighted by atomic mass is 32.2. The molecule has 0 saturated heterocycles. The number of anilines is 1. The van der Waals surface area contributed by atoms with Crippen LogP contribution in [0, 0.1) is 13.8 Å². The van der Waals surface area contributed by atoms with Gasteiger partial charge in [0.1, 0.15) is 6.61 Å². The molecule has 0 N–H and O–H groups in total. The van der Waals surface area contributed by atoms with E-state index in [1.165, 1.54) is 16.7 Å². The molecule has 4 rings (SSSR count). The molecule has 0 aromatic heterocycles. The van der Waals surface area contributed by atoms with Crippen molar-refractivity contribution in [1.29, 1.82) is 0 Å². The molecule has 4 aromatic carbocycles. The van der Waals surface area contributed by atoms with Crippen LogP contribution in [0.5, 0.6) is 0 Å². The number of carbonyl (C=O) groups excluding carboxylic acids is 1. The first-order valence-corrected chi connectivity index (χ1v) is 11.7. The lowest BCUT2D eigenvalue weighted by Crippen LogP contribution is -2.14. The fourth-order valence-corrected chi connectivity index (χ4v) is 4.63. The quantitative estimate of drug-likeness (QED) is 0.206. The van der Waals surface area contributed by atoms with Crippen LogP contribution in [0.4, 0.5) is 5.69 Å². The smallest absolute Gasteiger partial charge is 0.338 e. The number of ether oxygens (including phenoxy) is 1. The van der Waals surface area contributed by atoms with Crippen molar-refractivity contribution in [2.45, 2.75) is 31.9 Å². The first-order chi connectivity index (χ1) is 16.1. The van der Waals surface area contributed by atoms with Crippen molar-refractivity contribution < 1.29 is 9.53 Å². The molecule has 4 heteroatoms. The topological polar surface area (TPSA) is 29.5 Å². The Hall–Kier alpha value is -3.50. The number of esters is 1. The predicted molar refractivity (Wildman–Crippen MR) is 136 cm³/mol. The maximum atomic E-state index is 12.7. The lowest BCUT2D eigenvalue weighted by Gasteiger charge is -2.24. The predicted octanol–water partition coefficient (Wildman–Crippen LogP) is 7.37. The summed E-state index contributed by atoms with van der Waals surface area (Å²) < 4.78 is 7.79. The highest BCUT2D eigenvalue weighted by molar-refractivity contribution is 8.00. The SMILES string of the molecule is Cc1cc(C)cc(N(Cc2ccccc2)Sc2cccc(C(=O)OCc3ccccc3)c2)c1. The van der Waals surface area contributed by atoms with Crippen LogP contribution < -0.4 is 4.31 Å². The van der Waals surface area contributed by atoms with Gasteiger partial charge in [-0.1, -0.05) is 72.8 Å². The number of carbonyl (C=O) groups is 1. The van der Waals surface area contributed by atoms with Crippen molar-refractivity contribution in [3.8, 4) is 0 Å². The lowest BCUT2D eigenvalue weighted by atomic mass is 10.1. The minimum absolute atomic E-state index is 0.264. The molecule has 0 saturated carbocycles. The van der Waals surface area contributed by atoms with Gasteiger partial charge >= 0.3 is 5.97 Å². The summed E-state index contributed by atoms with van der Waals surface area (Å²) in [6.45, 7) is 5.24. The Bertz CT molecular complexity index is 1190. The van der Waals surface area contributed by atoms with E-state index in [1.807, 2.05) is 54.6 Å². The molecule has 0 heterocycles. The van der Waals surface area contributed by atoms with Crippen LogP contribution in [0.1, 0.15) is 32.6 Å². The Morgan fingerprint density at radius 3 is 2.06 bits per heavy atom. The van der Waals surface area contributed by atoms with Gasteiger partial charge in [0.2, 0.25) is 0 Å². The molecule has 0 atom stereocenters. The van der Waals surface area contributed by atoms with Crippen molar-refractivity contribution in [2.75, 3.05) is 4.31 Å². The molecule has 0 bridgehead atoms. The zero-order valence-corrected chi connectivity index (χ0v) is 19.7. The number of hydrogen-bond donors (Lipinski definition) is 0. The third-order valence-electron chi connectivity index (χ3n) is 5.16. The molecule has 4 aromatic rings. The molecule has 0 aliphatic rings. The van der Waals surface area contributed by atoms with E-state index in [1.54, 1.807) is 18.0 Å². The average Bonchev–Trinajstić information content (AvgIpc) is 2.83. The zero-order chi connectivity index (χ0) is 23.0. The molecular weight excluding hydrogens is 426 g/mol. The number of benzene rings is 4. The van der Waals surface area contributed by atoms with Crippen LogP contribution in [0.2, 0.25) is 0 Å². The zero-order valence-electron chi connectivity index (χ0n) is 18.9. The standard InChI is InChI=1S/C29H27NO2S/c1-22-16-23(2)18-27(17-22)30(20-24-10-5-3-6-11-24)33-28-15-9-14-26(19-28)29(31)32-21-25-12-7-4-8-13-25/h3-19H,20-21H2,1-2H3. The van der Waals surface area contributed by atoms with E-state index in [0.29, 0.717) is 5.56 Å². The second-order valence-electron chi connectivity index (χ2n) is 8.05. The summed E-state index contributed by atoms with van der Waals surface area (Å²) in [4.78, 5) is 13.6. The van der Waals surface area contributed by atoms with Crippen LogP contribution in [-0.4, -0.2) is 5.97 Å². The maximum Gasteiger partial charge on any atom is 0.338 e. The molecule has 0 radical (unpaired) electrons. The van der Waals surface area contributed by atoms with Gasteiger partial charge in [-0.05, 0) is 78.4 Å². The first-order valence-electron chi connectivity index (χ1n) is 11.0. The number of hydrogen-bond acceptors (Lipinski definition) is 4. The molecule has 0 aliphatic heterocycles. The minimum atomic E-state index is -0.317. The van der Waals surface area contributed by atoms with E-state index >= 15 is 0 Å². The van der Waals surface area contributed by atoms with Crippen molar-refractivity contribution >= 4 is 23.6 Å². The molecule has 0 unspecified atom stereocenters. The van der Waals surface area contributed by atoms with Gasteiger partial charge < -0.3 is 9.04 Å². The van der Waals surface area contributed by atoms with Crippen LogP contribution in [0.25, 0.3) is 0 Å². The number of aryl methyl sites for hydroxylation is 2. The molecule has 0 fully saturated rings. The average molecular weight is 454 g/mol. The molecule has 0 spiro atoms. The molecule has 33 heavy (non-hydrogen) atoms. The molecule has 0 aliphatic carbocycles. The summed E-state index contributed by atoms with van der Waals surface area (Å²) in [6.07, 6.45) is 0. The largest absolute Gasteiger partial charge is 0.457 e. The van der Waals surface area contributed by atoms with E-state index in [4.69, 9.17) is 4.74 Å². The fourth-order valence-electron chi connectivity index (χ4n) is 3.63. The van der Waals surface area contributed by atoms with Gasteiger partial charge in [0.25, 0.3) is 0 Å². The highest BCUT2D eigenvalue weighted by Crippen LogP contribution is 2.32. The maximum absolute atomic E-state index is 12.7. The summed E-state index contributed by atoms with van der Waals surface area (Å²) in [7, 11) is 0. The second kappa shape index (κ2) is 10.9. The minimum Gasteiger partial charge on any atom is -0.457 e. The Morgan fingerprint density at radius 2 is 1.39 bits per heavy atom. The van der Waals surface area contributed by atoms with E-state index in [2.05, 4.69) is 60.6 Å². The Labute approximate surface area is 200 Å². The van der Waals surface area contributed by atoms with Crippen molar-refractivity contribution in [1.82, 2.24) is 0 Å². The van der Waals surface area contributed by atoms with Crippen LogP contribution in [0.15, 0.2) is 108 Å². The summed E-state index contributed by atoms with van der Waals surface area (Å²) in [6, 6.07) is 34.3. The summed E-state index contributed by atoms with van der Waals surface area (Å²) in [5.41, 5.74) is 6.33.